The van der Waals surface area contributed by atoms with E-state index in [1.165, 1.54) is 13.3 Å². The summed E-state index contributed by atoms with van der Waals surface area (Å²) in [6.45, 7) is 1.37. The number of aliphatic hydroxyl groups is 1. The first kappa shape index (κ1) is 8.53. The van der Waals surface area contributed by atoms with Crippen LogP contribution in [0.25, 0.3) is 0 Å². The predicted octanol–water partition coefficient (Wildman–Crippen LogP) is 1.01. The van der Waals surface area contributed by atoms with E-state index in [1.54, 1.807) is 0 Å². The highest BCUT2D eigenvalue weighted by atomic mass is 16.4. The zero-order chi connectivity index (χ0) is 8.48. The topological polar surface area (TPSA) is 57.5 Å². The summed E-state index contributed by atoms with van der Waals surface area (Å²) in [6.07, 6.45) is 3.73. The lowest BCUT2D eigenvalue weighted by Gasteiger charge is -2.30. The van der Waals surface area contributed by atoms with E-state index in [-0.39, 0.29) is 0 Å². The van der Waals surface area contributed by atoms with Crippen molar-refractivity contribution < 1.29 is 15.0 Å². The lowest BCUT2D eigenvalue weighted by atomic mass is 9.78. The van der Waals surface area contributed by atoms with Gasteiger partial charge in [-0.2, -0.15) is 0 Å². The molecule has 0 aromatic carbocycles. The van der Waals surface area contributed by atoms with Crippen molar-refractivity contribution in [3.8, 4) is 0 Å². The van der Waals surface area contributed by atoms with Crippen LogP contribution in [0, 0.1) is 5.92 Å². The number of carboxylic acid groups (broad SMARTS) is 1. The van der Waals surface area contributed by atoms with Gasteiger partial charge in [0.1, 0.15) is 0 Å². The van der Waals surface area contributed by atoms with Gasteiger partial charge in [0.25, 0.3) is 0 Å². The summed E-state index contributed by atoms with van der Waals surface area (Å²) in [6, 6.07) is 0. The van der Waals surface area contributed by atoms with Gasteiger partial charge in [-0.1, -0.05) is 19.3 Å². The average molecular weight is 158 g/mol. The summed E-state index contributed by atoms with van der Waals surface area (Å²) in [5.74, 6) is -0.675. The first-order valence-electron chi connectivity index (χ1n) is 3.98. The fourth-order valence-electron chi connectivity index (χ4n) is 1.35. The number of carbonyl (C=O) groups is 1. The van der Waals surface area contributed by atoms with Gasteiger partial charge in [0, 0.05) is 0 Å². The summed E-state index contributed by atoms with van der Waals surface area (Å²) in [5.41, 5.74) is -1.51. The fourth-order valence-corrected chi connectivity index (χ4v) is 1.35. The lowest BCUT2D eigenvalue weighted by molar-refractivity contribution is -0.159. The molecule has 1 unspecified atom stereocenters. The highest BCUT2D eigenvalue weighted by Gasteiger charge is 2.34. The van der Waals surface area contributed by atoms with E-state index in [9.17, 15) is 9.90 Å². The molecule has 0 heterocycles. The van der Waals surface area contributed by atoms with Crippen LogP contribution in [0.15, 0.2) is 0 Å². The molecule has 1 rings (SSSR count). The van der Waals surface area contributed by atoms with E-state index in [2.05, 4.69) is 0 Å². The average Bonchev–Trinajstić information content (AvgIpc) is 1.79. The molecule has 0 aromatic rings. The molecule has 3 nitrogen and oxygen atoms in total. The molecule has 11 heavy (non-hydrogen) atoms. The molecule has 1 saturated carbocycles. The molecule has 0 spiro atoms. The highest BCUT2D eigenvalue weighted by molar-refractivity contribution is 5.76. The highest BCUT2D eigenvalue weighted by Crippen LogP contribution is 2.33. The quantitative estimate of drug-likeness (QED) is 0.644. The zero-order valence-corrected chi connectivity index (χ0v) is 6.71. The Morgan fingerprint density at radius 3 is 2.45 bits per heavy atom. The summed E-state index contributed by atoms with van der Waals surface area (Å²) in [5, 5.41) is 17.9. The Hall–Kier alpha value is -0.570. The van der Waals surface area contributed by atoms with Gasteiger partial charge in [-0.05, 0) is 19.3 Å². The van der Waals surface area contributed by atoms with Crippen molar-refractivity contribution in [1.82, 2.24) is 0 Å². The number of hydrogen-bond acceptors (Lipinski definition) is 2. The van der Waals surface area contributed by atoms with Gasteiger partial charge in [-0.25, -0.2) is 4.79 Å². The molecule has 1 atom stereocenters. The first-order valence-corrected chi connectivity index (χ1v) is 3.98. The number of rotatable bonds is 3. The van der Waals surface area contributed by atoms with Crippen LogP contribution in [0.3, 0.4) is 0 Å². The molecule has 64 valence electrons. The number of hydrogen-bond donors (Lipinski definition) is 2. The van der Waals surface area contributed by atoms with E-state index < -0.39 is 11.6 Å². The summed E-state index contributed by atoms with van der Waals surface area (Å²) >= 11 is 0. The Kier molecular flexibility index (Phi) is 2.18. The molecule has 0 bridgehead atoms. The van der Waals surface area contributed by atoms with Gasteiger partial charge in [0.2, 0.25) is 0 Å². The monoisotopic (exact) mass is 158 g/mol. The smallest absolute Gasteiger partial charge is 0.335 e. The number of carboxylic acids is 1. The standard InChI is InChI=1S/C8H14O3/c1-8(11,7(9)10)5-6-3-2-4-6/h6,11H,2-5H2,1H3,(H,9,10). The molecule has 2 N–H and O–H groups in total. The zero-order valence-electron chi connectivity index (χ0n) is 6.71. The predicted molar refractivity (Wildman–Crippen MR) is 40.2 cm³/mol. The number of aliphatic carboxylic acids is 1. The Bertz CT molecular complexity index is 159. The third kappa shape index (κ3) is 1.93. The van der Waals surface area contributed by atoms with Crippen LogP contribution < -0.4 is 0 Å². The molecular weight excluding hydrogens is 144 g/mol. The van der Waals surface area contributed by atoms with Crippen LogP contribution >= 0.6 is 0 Å². The van der Waals surface area contributed by atoms with Crippen molar-refractivity contribution in [3.05, 3.63) is 0 Å². The SMILES string of the molecule is CC(O)(CC1CCC1)C(=O)O. The molecular formula is C8H14O3. The van der Waals surface area contributed by atoms with Gasteiger partial charge in [0.05, 0.1) is 0 Å². The first-order chi connectivity index (χ1) is 5.02. The Morgan fingerprint density at radius 1 is 1.64 bits per heavy atom. The Balaban J connectivity index is 2.38. The second-order valence-electron chi connectivity index (χ2n) is 3.58. The van der Waals surface area contributed by atoms with E-state index >= 15 is 0 Å². The molecule has 1 aliphatic carbocycles. The largest absolute Gasteiger partial charge is 0.479 e. The summed E-state index contributed by atoms with van der Waals surface area (Å²) in [7, 11) is 0. The van der Waals surface area contributed by atoms with E-state index in [1.807, 2.05) is 0 Å². The third-order valence-electron chi connectivity index (χ3n) is 2.37. The molecule has 0 aromatic heterocycles. The lowest BCUT2D eigenvalue weighted by Crippen LogP contribution is -2.38. The van der Waals surface area contributed by atoms with Crippen molar-refractivity contribution >= 4 is 5.97 Å². The van der Waals surface area contributed by atoms with Crippen LogP contribution in [0.4, 0.5) is 0 Å². The van der Waals surface area contributed by atoms with Crippen molar-refractivity contribution in [2.45, 2.75) is 38.2 Å². The van der Waals surface area contributed by atoms with E-state index in [0.29, 0.717) is 12.3 Å². The minimum Gasteiger partial charge on any atom is -0.479 e. The van der Waals surface area contributed by atoms with Gasteiger partial charge in [-0.3, -0.25) is 0 Å². The fraction of sp³-hybridized carbons (Fsp3) is 0.875. The maximum atomic E-state index is 10.4. The summed E-state index contributed by atoms with van der Waals surface area (Å²) < 4.78 is 0. The molecule has 1 aliphatic rings. The Morgan fingerprint density at radius 2 is 2.18 bits per heavy atom. The van der Waals surface area contributed by atoms with E-state index in [4.69, 9.17) is 5.11 Å². The van der Waals surface area contributed by atoms with Crippen molar-refractivity contribution in [1.29, 1.82) is 0 Å². The molecule has 0 amide bonds. The normalized spacial score (nSPS) is 23.8. The van der Waals surface area contributed by atoms with Crippen molar-refractivity contribution in [2.75, 3.05) is 0 Å². The van der Waals surface area contributed by atoms with Crippen LogP contribution in [-0.4, -0.2) is 21.8 Å². The van der Waals surface area contributed by atoms with Gasteiger partial charge in [-0.15, -0.1) is 0 Å². The molecule has 1 fully saturated rings. The maximum Gasteiger partial charge on any atom is 0.335 e. The van der Waals surface area contributed by atoms with E-state index in [0.717, 1.165) is 12.8 Å². The van der Waals surface area contributed by atoms with Crippen LogP contribution in [0.1, 0.15) is 32.6 Å². The van der Waals surface area contributed by atoms with Crippen molar-refractivity contribution in [3.63, 3.8) is 0 Å². The molecule has 3 heteroatoms. The Labute approximate surface area is 66.0 Å². The van der Waals surface area contributed by atoms with Gasteiger partial charge in [0.15, 0.2) is 5.60 Å². The molecule has 0 radical (unpaired) electrons. The minimum absolute atomic E-state index is 0.405. The van der Waals surface area contributed by atoms with Crippen LogP contribution in [-0.2, 0) is 4.79 Å². The van der Waals surface area contributed by atoms with Crippen molar-refractivity contribution in [2.24, 2.45) is 5.92 Å². The second kappa shape index (κ2) is 2.81. The van der Waals surface area contributed by atoms with Gasteiger partial charge >= 0.3 is 5.97 Å². The molecule has 0 saturated heterocycles. The van der Waals surface area contributed by atoms with Gasteiger partial charge < -0.3 is 10.2 Å². The minimum atomic E-state index is -1.51. The molecule has 0 aliphatic heterocycles. The maximum absolute atomic E-state index is 10.4. The van der Waals surface area contributed by atoms with Crippen LogP contribution in [0.5, 0.6) is 0 Å². The van der Waals surface area contributed by atoms with Crippen LogP contribution in [0.2, 0.25) is 0 Å². The summed E-state index contributed by atoms with van der Waals surface area (Å²) in [4.78, 5) is 10.4. The second-order valence-corrected chi connectivity index (χ2v) is 3.58. The third-order valence-corrected chi connectivity index (χ3v) is 2.37.